The summed E-state index contributed by atoms with van der Waals surface area (Å²) in [4.78, 5) is 0. The molecule has 48 valence electrons. The van der Waals surface area contributed by atoms with Crippen LogP contribution in [-0.4, -0.2) is 32.9 Å². The third-order valence-electron chi connectivity index (χ3n) is 2.81. The number of hydrogen-bond acceptors (Lipinski definition) is 0. The molecule has 0 heterocycles. The van der Waals surface area contributed by atoms with Crippen molar-refractivity contribution in [1.29, 1.82) is 0 Å². The fourth-order valence-electron chi connectivity index (χ4n) is 0.937. The third kappa shape index (κ3) is 0.933. The molecule has 0 amide bonds. The van der Waals surface area contributed by atoms with Crippen LogP contribution in [0.4, 0.5) is 0 Å². The molecule has 0 nitrogen and oxygen atoms in total. The summed E-state index contributed by atoms with van der Waals surface area (Å²) in [5, 5.41) is 0.826. The van der Waals surface area contributed by atoms with Gasteiger partial charge in [-0.1, -0.05) is 0 Å². The van der Waals surface area contributed by atoms with E-state index in [2.05, 4.69) is 27.8 Å². The van der Waals surface area contributed by atoms with Gasteiger partial charge in [0.2, 0.25) is 0 Å². The van der Waals surface area contributed by atoms with Gasteiger partial charge < -0.3 is 0 Å². The van der Waals surface area contributed by atoms with Gasteiger partial charge in [-0.25, -0.2) is 0 Å². The van der Waals surface area contributed by atoms with E-state index in [1.54, 1.807) is 0 Å². The molecule has 1 saturated carbocycles. The van der Waals surface area contributed by atoms with Crippen LogP contribution in [-0.2, 0) is 0 Å². The van der Waals surface area contributed by atoms with Crippen LogP contribution in [0.3, 0.4) is 0 Å². The molecule has 1 fully saturated rings. The summed E-state index contributed by atoms with van der Waals surface area (Å²) in [7, 11) is 1.70. The van der Waals surface area contributed by atoms with Gasteiger partial charge in [0.15, 0.2) is 0 Å². The van der Waals surface area contributed by atoms with E-state index < -0.39 is 7.26 Å². The first-order chi connectivity index (χ1) is 3.46. The van der Waals surface area contributed by atoms with Crippen molar-refractivity contribution < 1.29 is 0 Å². The third-order valence-corrected chi connectivity index (χ3v) is 6.93. The molecule has 0 radical (unpaired) electrons. The summed E-state index contributed by atoms with van der Waals surface area (Å²) >= 11 is 0. The maximum atomic E-state index is 2.47. The Morgan fingerprint density at radius 3 is 1.62 bits per heavy atom. The predicted octanol–water partition coefficient (Wildman–Crippen LogP) is 0.749. The van der Waals surface area contributed by atoms with E-state index in [9.17, 15) is 0 Å². The molecule has 0 bridgehead atoms. The van der Waals surface area contributed by atoms with Crippen LogP contribution < -0.4 is 0 Å². The Bertz CT molecular complexity index is 96.3. The Labute approximate surface area is 53.8 Å². The summed E-state index contributed by atoms with van der Waals surface area (Å²) < 4.78 is 0. The van der Waals surface area contributed by atoms with Gasteiger partial charge in [0.1, 0.15) is 0 Å². The molecule has 0 aliphatic heterocycles. The molecule has 0 atom stereocenters. The summed E-state index contributed by atoms with van der Waals surface area (Å²) in [6, 6.07) is 0. The fraction of sp³-hybridized carbons (Fsp3) is 1.00. The Balaban J connectivity index is 2.58. The first-order valence-electron chi connectivity index (χ1n) is 3.46. The van der Waals surface area contributed by atoms with E-state index in [1.165, 1.54) is 12.8 Å². The molecule has 0 aromatic carbocycles. The summed E-state index contributed by atoms with van der Waals surface area (Å²) in [6.07, 6.45) is 3.01. The van der Waals surface area contributed by atoms with Crippen LogP contribution in [0.2, 0.25) is 0 Å². The Morgan fingerprint density at radius 2 is 1.62 bits per heavy atom. The SMILES string of the molecule is BC1([PH](C)(C)C)CC1. The normalized spacial score (nSPS) is 27.4. The topological polar surface area (TPSA) is 0 Å². The van der Waals surface area contributed by atoms with Crippen molar-refractivity contribution in [2.75, 3.05) is 20.0 Å². The molecular formula is C6H16BP. The maximum absolute atomic E-state index is 2.47. The van der Waals surface area contributed by atoms with E-state index in [4.69, 9.17) is 0 Å². The number of hydrogen-bond donors (Lipinski definition) is 0. The van der Waals surface area contributed by atoms with Crippen molar-refractivity contribution >= 4 is 15.1 Å². The molecule has 0 aromatic heterocycles. The molecule has 0 unspecified atom stereocenters. The van der Waals surface area contributed by atoms with Gasteiger partial charge in [-0.2, -0.15) is 0 Å². The van der Waals surface area contributed by atoms with Gasteiger partial charge >= 0.3 is 53.0 Å². The van der Waals surface area contributed by atoms with Crippen LogP contribution in [0.15, 0.2) is 0 Å². The zero-order valence-corrected chi connectivity index (χ0v) is 7.41. The van der Waals surface area contributed by atoms with E-state index in [-0.39, 0.29) is 0 Å². The van der Waals surface area contributed by atoms with E-state index in [1.807, 2.05) is 0 Å². The molecule has 0 aromatic rings. The average Bonchev–Trinajstić information content (AvgIpc) is 2.16. The monoisotopic (exact) mass is 130 g/mol. The van der Waals surface area contributed by atoms with Crippen LogP contribution in [0.5, 0.6) is 0 Å². The Morgan fingerprint density at radius 1 is 1.25 bits per heavy atom. The summed E-state index contributed by atoms with van der Waals surface area (Å²) in [6.45, 7) is 7.42. The van der Waals surface area contributed by atoms with Gasteiger partial charge in [-0.15, -0.1) is 0 Å². The second kappa shape index (κ2) is 1.50. The molecule has 0 saturated heterocycles. The quantitative estimate of drug-likeness (QED) is 0.363. The standard InChI is InChI=1S/C6H16BP/c1-8(2,3)6(7)4-5-6/h8H,4-5,7H2,1-3H3. The second-order valence-corrected chi connectivity index (χ2v) is 10.0. The Hall–Kier alpha value is 0.495. The van der Waals surface area contributed by atoms with Crippen molar-refractivity contribution in [3.8, 4) is 0 Å². The molecule has 1 aliphatic rings. The van der Waals surface area contributed by atoms with Crippen LogP contribution in [0.1, 0.15) is 12.8 Å². The summed E-state index contributed by atoms with van der Waals surface area (Å²) in [5.41, 5.74) is 0. The fourth-order valence-corrected chi connectivity index (χ4v) is 2.56. The first kappa shape index (κ1) is 6.61. The number of rotatable bonds is 1. The minimum absolute atomic E-state index is 0.748. The molecule has 2 heteroatoms. The van der Waals surface area contributed by atoms with Crippen molar-refractivity contribution in [1.82, 2.24) is 0 Å². The van der Waals surface area contributed by atoms with Crippen molar-refractivity contribution in [3.05, 3.63) is 0 Å². The minimum atomic E-state index is -0.748. The van der Waals surface area contributed by atoms with Crippen molar-refractivity contribution in [2.45, 2.75) is 17.9 Å². The molecule has 1 rings (SSSR count). The van der Waals surface area contributed by atoms with Gasteiger partial charge in [-0.05, 0) is 0 Å². The predicted molar refractivity (Wildman–Crippen MR) is 46.6 cm³/mol. The van der Waals surface area contributed by atoms with E-state index in [0.717, 1.165) is 5.06 Å². The van der Waals surface area contributed by atoms with Gasteiger partial charge in [0.25, 0.3) is 0 Å². The molecule has 8 heavy (non-hydrogen) atoms. The van der Waals surface area contributed by atoms with Gasteiger partial charge in [0.05, 0.1) is 0 Å². The van der Waals surface area contributed by atoms with Crippen LogP contribution in [0.25, 0.3) is 0 Å². The summed E-state index contributed by atoms with van der Waals surface area (Å²) in [5.74, 6) is 0. The van der Waals surface area contributed by atoms with Crippen molar-refractivity contribution in [2.24, 2.45) is 0 Å². The van der Waals surface area contributed by atoms with E-state index >= 15 is 0 Å². The van der Waals surface area contributed by atoms with Crippen molar-refractivity contribution in [3.63, 3.8) is 0 Å². The van der Waals surface area contributed by atoms with E-state index in [0.29, 0.717) is 0 Å². The Kier molecular flexibility index (Phi) is 1.24. The van der Waals surface area contributed by atoms with Crippen LogP contribution in [0, 0.1) is 0 Å². The second-order valence-electron chi connectivity index (χ2n) is 4.31. The molecule has 1 aliphatic carbocycles. The van der Waals surface area contributed by atoms with Gasteiger partial charge in [-0.3, -0.25) is 0 Å². The first-order valence-corrected chi connectivity index (χ1v) is 6.96. The zero-order valence-electron chi connectivity index (χ0n) is 6.41. The average molecular weight is 130 g/mol. The molecule has 0 spiro atoms. The zero-order chi connectivity index (χ0) is 6.41. The molecule has 0 N–H and O–H groups in total. The van der Waals surface area contributed by atoms with Gasteiger partial charge in [0, 0.05) is 0 Å². The van der Waals surface area contributed by atoms with Crippen LogP contribution >= 0.6 is 7.26 Å². The molecular weight excluding hydrogens is 114 g/mol.